The molecule has 1 aromatic rings. The molecule has 0 aliphatic heterocycles. The van der Waals surface area contributed by atoms with Gasteiger partial charge in [0, 0.05) is 18.1 Å². The van der Waals surface area contributed by atoms with Gasteiger partial charge in [0.15, 0.2) is 0 Å². The zero-order valence-corrected chi connectivity index (χ0v) is 13.1. The monoisotopic (exact) mass is 295 g/mol. The topological polar surface area (TPSA) is 29.5 Å². The summed E-state index contributed by atoms with van der Waals surface area (Å²) < 4.78 is 5.28. The third-order valence-electron chi connectivity index (χ3n) is 4.28. The predicted molar refractivity (Wildman–Crippen MR) is 81.5 cm³/mol. The molecular weight excluding hydrogens is 274 g/mol. The zero-order chi connectivity index (χ0) is 14.7. The number of methoxy groups -OCH3 is 1. The lowest BCUT2D eigenvalue weighted by atomic mass is 9.85. The fourth-order valence-corrected chi connectivity index (χ4v) is 3.23. The molecule has 3 nitrogen and oxygen atoms in total. The predicted octanol–water partition coefficient (Wildman–Crippen LogP) is 4.00. The van der Waals surface area contributed by atoms with Crippen LogP contribution in [0.25, 0.3) is 0 Å². The van der Waals surface area contributed by atoms with E-state index in [9.17, 15) is 4.79 Å². The molecule has 1 aliphatic carbocycles. The van der Waals surface area contributed by atoms with Crippen molar-refractivity contribution in [3.8, 4) is 5.75 Å². The molecule has 20 heavy (non-hydrogen) atoms. The molecule has 2 unspecified atom stereocenters. The van der Waals surface area contributed by atoms with Gasteiger partial charge in [-0.1, -0.05) is 31.4 Å². The summed E-state index contributed by atoms with van der Waals surface area (Å²) in [6.07, 6.45) is 4.72. The van der Waals surface area contributed by atoms with Gasteiger partial charge in [0.2, 0.25) is 0 Å². The Morgan fingerprint density at radius 1 is 1.35 bits per heavy atom. The van der Waals surface area contributed by atoms with Crippen LogP contribution in [0.5, 0.6) is 5.75 Å². The molecule has 110 valence electrons. The van der Waals surface area contributed by atoms with Crippen molar-refractivity contribution < 1.29 is 9.53 Å². The van der Waals surface area contributed by atoms with Crippen molar-refractivity contribution in [1.29, 1.82) is 0 Å². The van der Waals surface area contributed by atoms with Gasteiger partial charge in [0.25, 0.3) is 5.91 Å². The van der Waals surface area contributed by atoms with E-state index in [1.807, 2.05) is 11.9 Å². The average Bonchev–Trinajstić information content (AvgIpc) is 2.46. The summed E-state index contributed by atoms with van der Waals surface area (Å²) in [5, 5.41) is 0.555. The SMILES string of the molecule is COc1ccc(Cl)cc1C(=O)N(C)C1CCCCC1C. The molecule has 0 radical (unpaired) electrons. The Kier molecular flexibility index (Phi) is 4.92. The number of halogens is 1. The lowest BCUT2D eigenvalue weighted by Crippen LogP contribution is -2.42. The molecule has 0 spiro atoms. The molecular formula is C16H22ClNO2. The summed E-state index contributed by atoms with van der Waals surface area (Å²) in [5.41, 5.74) is 0.542. The summed E-state index contributed by atoms with van der Waals surface area (Å²) in [4.78, 5) is 14.6. The van der Waals surface area contributed by atoms with Crippen molar-refractivity contribution in [3.63, 3.8) is 0 Å². The van der Waals surface area contributed by atoms with Crippen LogP contribution >= 0.6 is 11.6 Å². The first-order valence-electron chi connectivity index (χ1n) is 7.15. The normalized spacial score (nSPS) is 22.4. The number of ether oxygens (including phenoxy) is 1. The maximum Gasteiger partial charge on any atom is 0.257 e. The fourth-order valence-electron chi connectivity index (χ4n) is 3.06. The van der Waals surface area contributed by atoms with Crippen LogP contribution in [0, 0.1) is 5.92 Å². The molecule has 0 heterocycles. The molecule has 4 heteroatoms. The maximum atomic E-state index is 12.7. The van der Waals surface area contributed by atoms with Crippen molar-refractivity contribution in [1.82, 2.24) is 4.90 Å². The van der Waals surface area contributed by atoms with Gasteiger partial charge in [0.05, 0.1) is 12.7 Å². The van der Waals surface area contributed by atoms with Crippen LogP contribution in [0.2, 0.25) is 5.02 Å². The molecule has 0 N–H and O–H groups in total. The van der Waals surface area contributed by atoms with Crippen molar-refractivity contribution in [2.24, 2.45) is 5.92 Å². The minimum absolute atomic E-state index is 0.0110. The van der Waals surface area contributed by atoms with Gasteiger partial charge in [0.1, 0.15) is 5.75 Å². The lowest BCUT2D eigenvalue weighted by Gasteiger charge is -2.36. The van der Waals surface area contributed by atoms with E-state index >= 15 is 0 Å². The van der Waals surface area contributed by atoms with Crippen molar-refractivity contribution in [2.45, 2.75) is 38.6 Å². The van der Waals surface area contributed by atoms with Gasteiger partial charge in [-0.05, 0) is 37.0 Å². The van der Waals surface area contributed by atoms with Gasteiger partial charge < -0.3 is 9.64 Å². The third-order valence-corrected chi connectivity index (χ3v) is 4.51. The summed E-state index contributed by atoms with van der Waals surface area (Å²) in [6, 6.07) is 5.47. The summed E-state index contributed by atoms with van der Waals surface area (Å²) in [6.45, 7) is 2.23. The zero-order valence-electron chi connectivity index (χ0n) is 12.4. The molecule has 2 atom stereocenters. The second kappa shape index (κ2) is 6.49. The maximum absolute atomic E-state index is 12.7. The first kappa shape index (κ1) is 15.2. The van der Waals surface area contributed by atoms with Gasteiger partial charge in [-0.15, -0.1) is 0 Å². The van der Waals surface area contributed by atoms with Crippen molar-refractivity contribution in [3.05, 3.63) is 28.8 Å². The van der Waals surface area contributed by atoms with E-state index in [1.165, 1.54) is 19.3 Å². The number of amides is 1. The van der Waals surface area contributed by atoms with E-state index in [0.29, 0.717) is 28.3 Å². The highest BCUT2D eigenvalue weighted by molar-refractivity contribution is 6.31. The molecule has 2 rings (SSSR count). The highest BCUT2D eigenvalue weighted by Crippen LogP contribution is 2.30. The highest BCUT2D eigenvalue weighted by Gasteiger charge is 2.29. The number of carbonyl (C=O) groups is 1. The van der Waals surface area contributed by atoms with Crippen LogP contribution in [-0.4, -0.2) is 31.0 Å². The molecule has 0 aromatic heterocycles. The van der Waals surface area contributed by atoms with Gasteiger partial charge >= 0.3 is 0 Å². The van der Waals surface area contributed by atoms with Crippen molar-refractivity contribution in [2.75, 3.05) is 14.2 Å². The van der Waals surface area contributed by atoms with E-state index < -0.39 is 0 Å². The minimum atomic E-state index is -0.0110. The second-order valence-electron chi connectivity index (χ2n) is 5.59. The first-order valence-corrected chi connectivity index (χ1v) is 7.53. The largest absolute Gasteiger partial charge is 0.496 e. The summed E-state index contributed by atoms with van der Waals surface area (Å²) >= 11 is 6.01. The number of hydrogen-bond acceptors (Lipinski definition) is 2. The third kappa shape index (κ3) is 3.09. The molecule has 0 bridgehead atoms. The standard InChI is InChI=1S/C16H22ClNO2/c1-11-6-4-5-7-14(11)18(2)16(19)13-10-12(17)8-9-15(13)20-3/h8-11,14H,4-7H2,1-3H3. The minimum Gasteiger partial charge on any atom is -0.496 e. The lowest BCUT2D eigenvalue weighted by molar-refractivity contribution is 0.0625. The molecule has 1 saturated carbocycles. The van der Waals surface area contributed by atoms with Crippen LogP contribution in [0.3, 0.4) is 0 Å². The molecule has 0 saturated heterocycles. The number of benzene rings is 1. The van der Waals surface area contributed by atoms with Crippen LogP contribution in [-0.2, 0) is 0 Å². The average molecular weight is 296 g/mol. The number of carbonyl (C=O) groups excluding carboxylic acids is 1. The summed E-state index contributed by atoms with van der Waals surface area (Å²) in [5.74, 6) is 1.11. The Bertz CT molecular complexity index is 489. The number of hydrogen-bond donors (Lipinski definition) is 0. The van der Waals surface area contributed by atoms with E-state index in [0.717, 1.165) is 6.42 Å². The highest BCUT2D eigenvalue weighted by atomic mass is 35.5. The van der Waals surface area contributed by atoms with Crippen LogP contribution in [0.4, 0.5) is 0 Å². The molecule has 1 aliphatic rings. The molecule has 1 aromatic carbocycles. The number of rotatable bonds is 3. The summed E-state index contributed by atoms with van der Waals surface area (Å²) in [7, 11) is 3.46. The second-order valence-corrected chi connectivity index (χ2v) is 6.03. The fraction of sp³-hybridized carbons (Fsp3) is 0.562. The molecule has 1 fully saturated rings. The Morgan fingerprint density at radius 2 is 2.05 bits per heavy atom. The van der Waals surface area contributed by atoms with Gasteiger partial charge in [-0.25, -0.2) is 0 Å². The van der Waals surface area contributed by atoms with Crippen molar-refractivity contribution >= 4 is 17.5 Å². The van der Waals surface area contributed by atoms with E-state index in [1.54, 1.807) is 25.3 Å². The Labute approximate surface area is 125 Å². The van der Waals surface area contributed by atoms with E-state index in [2.05, 4.69) is 6.92 Å². The van der Waals surface area contributed by atoms with Crippen LogP contribution < -0.4 is 4.74 Å². The van der Waals surface area contributed by atoms with Gasteiger partial charge in [-0.2, -0.15) is 0 Å². The first-order chi connectivity index (χ1) is 9.54. The van der Waals surface area contributed by atoms with E-state index in [-0.39, 0.29) is 5.91 Å². The number of nitrogens with zero attached hydrogens (tertiary/aromatic N) is 1. The van der Waals surface area contributed by atoms with Gasteiger partial charge in [-0.3, -0.25) is 4.79 Å². The Morgan fingerprint density at radius 3 is 2.70 bits per heavy atom. The Balaban J connectivity index is 2.23. The van der Waals surface area contributed by atoms with E-state index in [4.69, 9.17) is 16.3 Å². The Hall–Kier alpha value is -1.22. The smallest absolute Gasteiger partial charge is 0.257 e. The van der Waals surface area contributed by atoms with Crippen LogP contribution in [0.1, 0.15) is 43.0 Å². The quantitative estimate of drug-likeness (QED) is 0.843. The molecule has 1 amide bonds. The van der Waals surface area contributed by atoms with Crippen LogP contribution in [0.15, 0.2) is 18.2 Å².